The van der Waals surface area contributed by atoms with Crippen LogP contribution in [0.1, 0.15) is 34.1 Å². The average Bonchev–Trinajstić information content (AvgIpc) is 2.15. The summed E-state index contributed by atoms with van der Waals surface area (Å²) in [5.74, 6) is -0.975. The number of hydrogen-bond donors (Lipinski definition) is 0. The summed E-state index contributed by atoms with van der Waals surface area (Å²) in [7, 11) is 0. The number of esters is 1. The molecule has 0 saturated carbocycles. The molecular weight excluding hydrogens is 208 g/mol. The van der Waals surface area contributed by atoms with E-state index in [1.165, 1.54) is 13.8 Å². The lowest BCUT2D eigenvalue weighted by Crippen LogP contribution is -2.34. The first kappa shape index (κ1) is 14.6. The van der Waals surface area contributed by atoms with Crippen LogP contribution < -0.4 is 0 Å². The molecule has 0 aliphatic heterocycles. The van der Waals surface area contributed by atoms with Gasteiger partial charge in [0.2, 0.25) is 0 Å². The topological polar surface area (TPSA) is 60.4 Å². The molecule has 4 heteroatoms. The molecule has 0 aliphatic rings. The van der Waals surface area contributed by atoms with Gasteiger partial charge in [0, 0.05) is 17.9 Å². The minimum absolute atomic E-state index is 0.0478. The van der Waals surface area contributed by atoms with Gasteiger partial charge < -0.3 is 4.74 Å². The van der Waals surface area contributed by atoms with Gasteiger partial charge in [-0.15, -0.1) is 0 Å². The fourth-order valence-corrected chi connectivity index (χ4v) is 1.06. The zero-order valence-corrected chi connectivity index (χ0v) is 10.2. The second-order valence-corrected chi connectivity index (χ2v) is 4.38. The summed E-state index contributed by atoms with van der Waals surface area (Å²) in [6.07, 6.45) is 0.304. The number of carbonyl (C=O) groups excluding carboxylic acids is 3. The largest absolute Gasteiger partial charge is 0.451 e. The van der Waals surface area contributed by atoms with E-state index in [0.29, 0.717) is 0 Å². The van der Waals surface area contributed by atoms with Crippen molar-refractivity contribution in [2.45, 2.75) is 40.2 Å². The van der Waals surface area contributed by atoms with Gasteiger partial charge in [0.1, 0.15) is 5.78 Å². The Morgan fingerprint density at radius 1 is 1.31 bits per heavy atom. The first-order chi connectivity index (χ1) is 7.20. The molecule has 0 spiro atoms. The smallest absolute Gasteiger partial charge is 0.330 e. The minimum atomic E-state index is -0.885. The van der Waals surface area contributed by atoms with Crippen molar-refractivity contribution >= 4 is 17.5 Å². The lowest BCUT2D eigenvalue weighted by molar-refractivity contribution is -0.152. The number of ketones is 2. The van der Waals surface area contributed by atoms with E-state index in [1.807, 2.05) is 0 Å². The maximum absolute atomic E-state index is 11.3. The van der Waals surface area contributed by atoms with Gasteiger partial charge in [-0.2, -0.15) is 0 Å². The predicted molar refractivity (Wildman–Crippen MR) is 59.8 cm³/mol. The number of hydrogen-bond acceptors (Lipinski definition) is 4. The fraction of sp³-hybridized carbons (Fsp3) is 0.583. The standard InChI is InChI=1S/C12H18O4/c1-6-11(15)16-10(8(2)13)7-12(4,5)9(3)14/h6,10H,1,7H2,2-5H3. The summed E-state index contributed by atoms with van der Waals surface area (Å²) >= 11 is 0. The molecule has 90 valence electrons. The van der Waals surface area contributed by atoms with Gasteiger partial charge in [-0.1, -0.05) is 20.4 Å². The van der Waals surface area contributed by atoms with E-state index in [0.717, 1.165) is 6.08 Å². The highest BCUT2D eigenvalue weighted by Crippen LogP contribution is 2.25. The summed E-state index contributed by atoms with van der Waals surface area (Å²) in [5, 5.41) is 0. The van der Waals surface area contributed by atoms with Gasteiger partial charge in [-0.05, 0) is 13.8 Å². The van der Waals surface area contributed by atoms with Crippen LogP contribution in [-0.2, 0) is 19.1 Å². The Balaban J connectivity index is 4.70. The number of Topliss-reactive ketones (excluding diaryl/α,β-unsaturated/α-hetero) is 2. The Bertz CT molecular complexity index is 315. The van der Waals surface area contributed by atoms with Crippen LogP contribution in [0.5, 0.6) is 0 Å². The van der Waals surface area contributed by atoms with Crippen molar-refractivity contribution < 1.29 is 19.1 Å². The van der Waals surface area contributed by atoms with Crippen molar-refractivity contribution in [1.29, 1.82) is 0 Å². The van der Waals surface area contributed by atoms with Crippen LogP contribution >= 0.6 is 0 Å². The zero-order chi connectivity index (χ0) is 12.9. The Morgan fingerprint density at radius 2 is 1.81 bits per heavy atom. The molecular formula is C12H18O4. The Labute approximate surface area is 95.7 Å². The van der Waals surface area contributed by atoms with Crippen LogP contribution in [0.4, 0.5) is 0 Å². The van der Waals surface area contributed by atoms with Crippen LogP contribution in [0, 0.1) is 5.41 Å². The second-order valence-electron chi connectivity index (χ2n) is 4.38. The highest BCUT2D eigenvalue weighted by molar-refractivity contribution is 5.88. The van der Waals surface area contributed by atoms with E-state index in [4.69, 9.17) is 4.74 Å². The molecule has 16 heavy (non-hydrogen) atoms. The normalized spacial score (nSPS) is 12.8. The van der Waals surface area contributed by atoms with Crippen LogP contribution in [0.15, 0.2) is 12.7 Å². The highest BCUT2D eigenvalue weighted by Gasteiger charge is 2.31. The van der Waals surface area contributed by atoms with Gasteiger partial charge in [-0.25, -0.2) is 4.79 Å². The molecule has 0 radical (unpaired) electrons. The van der Waals surface area contributed by atoms with E-state index in [-0.39, 0.29) is 18.0 Å². The molecule has 0 aromatic carbocycles. The maximum atomic E-state index is 11.3. The van der Waals surface area contributed by atoms with Crippen molar-refractivity contribution in [1.82, 2.24) is 0 Å². The lowest BCUT2D eigenvalue weighted by Gasteiger charge is -2.25. The Hall–Kier alpha value is -1.45. The van der Waals surface area contributed by atoms with E-state index < -0.39 is 17.5 Å². The van der Waals surface area contributed by atoms with Gasteiger partial charge in [0.05, 0.1) is 0 Å². The third kappa shape index (κ3) is 4.38. The summed E-state index contributed by atoms with van der Waals surface area (Å²) in [6, 6.07) is 0. The third-order valence-electron chi connectivity index (χ3n) is 2.53. The van der Waals surface area contributed by atoms with Gasteiger partial charge in [-0.3, -0.25) is 9.59 Å². The zero-order valence-electron chi connectivity index (χ0n) is 10.2. The quantitative estimate of drug-likeness (QED) is 0.510. The van der Waals surface area contributed by atoms with Crippen LogP contribution in [0.3, 0.4) is 0 Å². The molecule has 0 aromatic heterocycles. The van der Waals surface area contributed by atoms with Crippen molar-refractivity contribution in [2.24, 2.45) is 5.41 Å². The summed E-state index contributed by atoms with van der Waals surface area (Å²) in [6.45, 7) is 9.46. The van der Waals surface area contributed by atoms with Crippen molar-refractivity contribution in [3.63, 3.8) is 0 Å². The minimum Gasteiger partial charge on any atom is -0.451 e. The molecule has 0 amide bonds. The average molecular weight is 226 g/mol. The molecule has 0 aromatic rings. The number of carbonyl (C=O) groups is 3. The first-order valence-corrected chi connectivity index (χ1v) is 5.05. The molecule has 0 bridgehead atoms. The van der Waals surface area contributed by atoms with Crippen LogP contribution in [0.25, 0.3) is 0 Å². The van der Waals surface area contributed by atoms with Crippen molar-refractivity contribution in [2.75, 3.05) is 0 Å². The van der Waals surface area contributed by atoms with Crippen LogP contribution in [-0.4, -0.2) is 23.6 Å². The third-order valence-corrected chi connectivity index (χ3v) is 2.53. The maximum Gasteiger partial charge on any atom is 0.330 e. The van der Waals surface area contributed by atoms with E-state index in [9.17, 15) is 14.4 Å². The van der Waals surface area contributed by atoms with Gasteiger partial charge in [0.15, 0.2) is 11.9 Å². The summed E-state index contributed by atoms with van der Waals surface area (Å²) in [5.41, 5.74) is -0.683. The SMILES string of the molecule is C=CC(=O)OC(CC(C)(C)C(C)=O)C(C)=O. The van der Waals surface area contributed by atoms with E-state index in [1.54, 1.807) is 13.8 Å². The molecule has 0 aliphatic carbocycles. The number of rotatable bonds is 6. The molecule has 0 heterocycles. The van der Waals surface area contributed by atoms with Crippen LogP contribution in [0.2, 0.25) is 0 Å². The monoisotopic (exact) mass is 226 g/mol. The Kier molecular flexibility index (Phi) is 5.08. The highest BCUT2D eigenvalue weighted by atomic mass is 16.5. The molecule has 0 N–H and O–H groups in total. The molecule has 0 saturated heterocycles. The molecule has 0 rings (SSSR count). The molecule has 1 atom stereocenters. The lowest BCUT2D eigenvalue weighted by atomic mass is 9.82. The number of ether oxygens (including phenoxy) is 1. The van der Waals surface area contributed by atoms with Gasteiger partial charge >= 0.3 is 5.97 Å². The van der Waals surface area contributed by atoms with Crippen molar-refractivity contribution in [3.05, 3.63) is 12.7 Å². The van der Waals surface area contributed by atoms with Gasteiger partial charge in [0.25, 0.3) is 0 Å². The van der Waals surface area contributed by atoms with E-state index in [2.05, 4.69) is 6.58 Å². The summed E-state index contributed by atoms with van der Waals surface area (Å²) in [4.78, 5) is 33.6. The summed E-state index contributed by atoms with van der Waals surface area (Å²) < 4.78 is 4.89. The molecule has 4 nitrogen and oxygen atoms in total. The van der Waals surface area contributed by atoms with Crippen molar-refractivity contribution in [3.8, 4) is 0 Å². The predicted octanol–water partition coefficient (Wildman–Crippen LogP) is 1.68. The Morgan fingerprint density at radius 3 is 2.12 bits per heavy atom. The fourth-order valence-electron chi connectivity index (χ4n) is 1.06. The molecule has 0 fully saturated rings. The second kappa shape index (κ2) is 5.58. The molecule has 1 unspecified atom stereocenters. The first-order valence-electron chi connectivity index (χ1n) is 5.05. The van der Waals surface area contributed by atoms with E-state index >= 15 is 0 Å².